The number of rotatable bonds is 9. The van der Waals surface area contributed by atoms with Gasteiger partial charge >= 0.3 is 0 Å². The average molecular weight is 446 g/mol. The van der Waals surface area contributed by atoms with Gasteiger partial charge in [-0.3, -0.25) is 9.59 Å². The molecular formula is C22H28BrN3O2. The van der Waals surface area contributed by atoms with Crippen molar-refractivity contribution >= 4 is 33.4 Å². The lowest BCUT2D eigenvalue weighted by molar-refractivity contribution is -0.123. The Bertz CT molecular complexity index is 780. The van der Waals surface area contributed by atoms with Gasteiger partial charge in [-0.2, -0.15) is 0 Å². The fourth-order valence-corrected chi connectivity index (χ4v) is 3.31. The third-order valence-corrected chi connectivity index (χ3v) is 5.21. The Morgan fingerprint density at radius 3 is 2.32 bits per heavy atom. The van der Waals surface area contributed by atoms with Crippen LogP contribution in [0.1, 0.15) is 30.6 Å². The van der Waals surface area contributed by atoms with Crippen molar-refractivity contribution in [2.75, 3.05) is 25.0 Å². The highest BCUT2D eigenvalue weighted by Crippen LogP contribution is 2.16. The van der Waals surface area contributed by atoms with Gasteiger partial charge in [-0.15, -0.1) is 0 Å². The number of carbonyl (C=O) groups excluding carboxylic acids is 2. The number of halogens is 1. The Hall–Kier alpha value is -2.34. The normalized spacial score (nSPS) is 11.8. The highest BCUT2D eigenvalue weighted by Gasteiger charge is 2.25. The van der Waals surface area contributed by atoms with Crippen LogP contribution in [0.5, 0.6) is 0 Å². The predicted octanol–water partition coefficient (Wildman–Crippen LogP) is 3.85. The largest absolute Gasteiger partial charge is 0.375 e. The number of hydrogen-bond donors (Lipinski definition) is 2. The van der Waals surface area contributed by atoms with Crippen molar-refractivity contribution in [2.45, 2.75) is 26.3 Å². The van der Waals surface area contributed by atoms with E-state index in [2.05, 4.69) is 43.6 Å². The van der Waals surface area contributed by atoms with Gasteiger partial charge in [0.25, 0.3) is 5.91 Å². The molecular weight excluding hydrogens is 418 g/mol. The van der Waals surface area contributed by atoms with Gasteiger partial charge in [0.05, 0.1) is 5.56 Å². The molecule has 0 aromatic heterocycles. The van der Waals surface area contributed by atoms with Crippen molar-refractivity contribution in [3.05, 3.63) is 64.6 Å². The Balaban J connectivity index is 1.84. The molecule has 2 N–H and O–H groups in total. The molecule has 0 bridgehead atoms. The minimum absolute atomic E-state index is 0.0153. The third-order valence-electron chi connectivity index (χ3n) is 4.52. The second-order valence-electron chi connectivity index (χ2n) is 7.08. The van der Waals surface area contributed by atoms with E-state index in [1.807, 2.05) is 51.2 Å². The van der Waals surface area contributed by atoms with Gasteiger partial charge < -0.3 is 15.5 Å². The number of hydrogen-bond acceptors (Lipinski definition) is 3. The van der Waals surface area contributed by atoms with E-state index in [0.717, 1.165) is 18.7 Å². The van der Waals surface area contributed by atoms with Crippen molar-refractivity contribution in [1.29, 1.82) is 0 Å². The first kappa shape index (κ1) is 22.0. The summed E-state index contributed by atoms with van der Waals surface area (Å²) in [4.78, 5) is 27.3. The maximum Gasteiger partial charge on any atom is 0.253 e. The standard InChI is InChI=1S/C22H28BrN3O2/c1-16(2)20(25-21(27)18-12-7-8-13-19(18)23)22(28)24-14-9-15-26(3)17-10-5-4-6-11-17/h4-8,10-13,16,20H,9,14-15H2,1-3H3,(H,24,28)(H,25,27)/t20-/m1/s1. The van der Waals surface area contributed by atoms with Crippen LogP contribution in [0.25, 0.3) is 0 Å². The molecule has 150 valence electrons. The minimum atomic E-state index is -0.577. The monoisotopic (exact) mass is 445 g/mol. The maximum atomic E-state index is 12.6. The lowest BCUT2D eigenvalue weighted by Gasteiger charge is -2.23. The Morgan fingerprint density at radius 1 is 1.04 bits per heavy atom. The molecule has 0 saturated carbocycles. The van der Waals surface area contributed by atoms with Gasteiger partial charge in [0, 0.05) is 30.3 Å². The molecule has 0 aliphatic heterocycles. The summed E-state index contributed by atoms with van der Waals surface area (Å²) < 4.78 is 0.708. The van der Waals surface area contributed by atoms with E-state index in [0.29, 0.717) is 16.6 Å². The fraction of sp³-hybridized carbons (Fsp3) is 0.364. The molecule has 5 nitrogen and oxygen atoms in total. The minimum Gasteiger partial charge on any atom is -0.375 e. The van der Waals surface area contributed by atoms with E-state index in [1.54, 1.807) is 12.1 Å². The fourth-order valence-electron chi connectivity index (χ4n) is 2.85. The van der Waals surface area contributed by atoms with E-state index in [1.165, 1.54) is 0 Å². The zero-order valence-electron chi connectivity index (χ0n) is 16.6. The molecule has 28 heavy (non-hydrogen) atoms. The van der Waals surface area contributed by atoms with E-state index in [-0.39, 0.29) is 17.7 Å². The predicted molar refractivity (Wildman–Crippen MR) is 118 cm³/mol. The van der Waals surface area contributed by atoms with E-state index in [4.69, 9.17) is 0 Å². The van der Waals surface area contributed by atoms with Crippen LogP contribution in [0, 0.1) is 5.92 Å². The lowest BCUT2D eigenvalue weighted by Crippen LogP contribution is -2.50. The van der Waals surface area contributed by atoms with Crippen molar-refractivity contribution in [3.63, 3.8) is 0 Å². The summed E-state index contributed by atoms with van der Waals surface area (Å²) in [6, 6.07) is 16.7. The van der Waals surface area contributed by atoms with Crippen molar-refractivity contribution < 1.29 is 9.59 Å². The van der Waals surface area contributed by atoms with Crippen LogP contribution in [-0.2, 0) is 4.79 Å². The van der Waals surface area contributed by atoms with Crippen LogP contribution in [0.2, 0.25) is 0 Å². The number of anilines is 1. The zero-order chi connectivity index (χ0) is 20.5. The number of benzene rings is 2. The van der Waals surface area contributed by atoms with E-state index in [9.17, 15) is 9.59 Å². The van der Waals surface area contributed by atoms with Crippen LogP contribution < -0.4 is 15.5 Å². The summed E-state index contributed by atoms with van der Waals surface area (Å²) in [5, 5.41) is 5.81. The average Bonchev–Trinajstić information content (AvgIpc) is 2.69. The van der Waals surface area contributed by atoms with Gasteiger partial charge in [-0.1, -0.05) is 44.2 Å². The van der Waals surface area contributed by atoms with Crippen molar-refractivity contribution in [3.8, 4) is 0 Å². The molecule has 0 saturated heterocycles. The van der Waals surface area contributed by atoms with Gasteiger partial charge in [-0.25, -0.2) is 0 Å². The molecule has 0 aliphatic rings. The summed E-state index contributed by atoms with van der Waals surface area (Å²) in [6.45, 7) is 5.24. The lowest BCUT2D eigenvalue weighted by atomic mass is 10.0. The highest BCUT2D eigenvalue weighted by atomic mass is 79.9. The van der Waals surface area contributed by atoms with Crippen LogP contribution >= 0.6 is 15.9 Å². The smallest absolute Gasteiger partial charge is 0.253 e. The molecule has 6 heteroatoms. The van der Waals surface area contributed by atoms with Crippen LogP contribution in [0.3, 0.4) is 0 Å². The topological polar surface area (TPSA) is 61.4 Å². The van der Waals surface area contributed by atoms with Crippen molar-refractivity contribution in [1.82, 2.24) is 10.6 Å². The number of nitrogens with one attached hydrogen (secondary N) is 2. The molecule has 2 aromatic rings. The molecule has 0 spiro atoms. The zero-order valence-corrected chi connectivity index (χ0v) is 18.2. The third kappa shape index (κ3) is 6.37. The Labute approximate surface area is 175 Å². The highest BCUT2D eigenvalue weighted by molar-refractivity contribution is 9.10. The Kier molecular flexibility index (Phi) is 8.51. The molecule has 0 aliphatic carbocycles. The number of amides is 2. The van der Waals surface area contributed by atoms with Gasteiger partial charge in [0.15, 0.2) is 0 Å². The van der Waals surface area contributed by atoms with E-state index < -0.39 is 6.04 Å². The first-order valence-corrected chi connectivity index (χ1v) is 10.3. The summed E-state index contributed by atoms with van der Waals surface area (Å²) in [6.07, 6.45) is 0.820. The van der Waals surface area contributed by atoms with Crippen LogP contribution in [0.15, 0.2) is 59.1 Å². The number of para-hydroxylation sites is 1. The maximum absolute atomic E-state index is 12.6. The van der Waals surface area contributed by atoms with E-state index >= 15 is 0 Å². The molecule has 0 unspecified atom stereocenters. The quantitative estimate of drug-likeness (QED) is 0.576. The molecule has 0 fully saturated rings. The SMILES string of the molecule is CC(C)[C@@H](NC(=O)c1ccccc1Br)C(=O)NCCCN(C)c1ccccc1. The first-order valence-electron chi connectivity index (χ1n) is 9.49. The molecule has 0 heterocycles. The summed E-state index contributed by atoms with van der Waals surface area (Å²) in [5.41, 5.74) is 1.67. The van der Waals surface area contributed by atoms with Crippen LogP contribution in [0.4, 0.5) is 5.69 Å². The Morgan fingerprint density at radius 2 is 1.68 bits per heavy atom. The summed E-state index contributed by atoms with van der Waals surface area (Å²) in [7, 11) is 2.03. The summed E-state index contributed by atoms with van der Waals surface area (Å²) >= 11 is 3.38. The number of carbonyl (C=O) groups is 2. The van der Waals surface area contributed by atoms with Gasteiger partial charge in [0.1, 0.15) is 6.04 Å². The van der Waals surface area contributed by atoms with Gasteiger partial charge in [-0.05, 0) is 52.5 Å². The second-order valence-corrected chi connectivity index (χ2v) is 7.93. The molecule has 2 rings (SSSR count). The molecule has 0 radical (unpaired) electrons. The van der Waals surface area contributed by atoms with Crippen molar-refractivity contribution in [2.24, 2.45) is 5.92 Å². The molecule has 2 aromatic carbocycles. The second kappa shape index (κ2) is 10.9. The van der Waals surface area contributed by atoms with Crippen LogP contribution in [-0.4, -0.2) is 38.0 Å². The first-order chi connectivity index (χ1) is 13.4. The summed E-state index contributed by atoms with van der Waals surface area (Å²) in [5.74, 6) is -0.429. The van der Waals surface area contributed by atoms with Gasteiger partial charge in [0.2, 0.25) is 5.91 Å². The number of nitrogens with zero attached hydrogens (tertiary/aromatic N) is 1. The molecule has 1 atom stereocenters. The molecule has 2 amide bonds.